The Morgan fingerprint density at radius 1 is 1.11 bits per heavy atom. The van der Waals surface area contributed by atoms with E-state index in [2.05, 4.69) is 25.4 Å². The van der Waals surface area contributed by atoms with Gasteiger partial charge in [-0.1, -0.05) is 42.0 Å². The molecule has 132 valence electrons. The average Bonchev–Trinajstić information content (AvgIpc) is 3.28. The lowest BCUT2D eigenvalue weighted by Crippen LogP contribution is -2.15. The van der Waals surface area contributed by atoms with Crippen molar-refractivity contribution in [3.05, 3.63) is 70.3 Å². The van der Waals surface area contributed by atoms with E-state index in [9.17, 15) is 4.79 Å². The third-order valence-electron chi connectivity index (χ3n) is 4.33. The minimum atomic E-state index is -0.329. The van der Waals surface area contributed by atoms with Gasteiger partial charge in [0.15, 0.2) is 0 Å². The molecule has 2 aromatic carbocycles. The smallest absolute Gasteiger partial charge is 0.294 e. The summed E-state index contributed by atoms with van der Waals surface area (Å²) >= 11 is 0. The topological polar surface area (TPSA) is 102 Å². The number of H-pyrrole nitrogens is 1. The summed E-state index contributed by atoms with van der Waals surface area (Å²) in [6, 6.07) is 15.3. The number of furan rings is 1. The van der Waals surface area contributed by atoms with Gasteiger partial charge in [-0.25, -0.2) is 4.98 Å². The van der Waals surface area contributed by atoms with E-state index in [1.165, 1.54) is 4.80 Å². The predicted molar refractivity (Wildman–Crippen MR) is 99.2 cm³/mol. The molecule has 0 bridgehead atoms. The number of benzene rings is 2. The van der Waals surface area contributed by atoms with Crippen LogP contribution in [-0.4, -0.2) is 30.2 Å². The first-order valence-electron chi connectivity index (χ1n) is 8.43. The molecule has 8 heteroatoms. The first-order chi connectivity index (χ1) is 13.2. The van der Waals surface area contributed by atoms with Crippen LogP contribution in [0.4, 0.5) is 0 Å². The molecule has 5 rings (SSSR count). The quantitative estimate of drug-likeness (QED) is 0.532. The van der Waals surface area contributed by atoms with E-state index in [0.717, 1.165) is 16.5 Å². The highest BCUT2D eigenvalue weighted by molar-refractivity contribution is 6.01. The highest BCUT2D eigenvalue weighted by Gasteiger charge is 2.14. The van der Waals surface area contributed by atoms with Crippen molar-refractivity contribution in [3.63, 3.8) is 0 Å². The molecule has 0 amide bonds. The van der Waals surface area contributed by atoms with Crippen LogP contribution in [0.3, 0.4) is 0 Å². The molecule has 27 heavy (non-hydrogen) atoms. The first-order valence-corrected chi connectivity index (χ1v) is 8.43. The molecule has 0 unspecified atom stereocenters. The summed E-state index contributed by atoms with van der Waals surface area (Å²) in [7, 11) is 0. The standard InChI is InChI=1S/C19H14N6O2/c1-11-6-8-12(9-7-11)18-22-24-25(23-18)10-15-20-16-13-4-2-3-5-14(13)27-17(16)19(26)21-15/h2-9H,10H2,1H3,(H,20,21,26). The highest BCUT2D eigenvalue weighted by atomic mass is 16.3. The van der Waals surface area contributed by atoms with Crippen LogP contribution in [-0.2, 0) is 6.54 Å². The Hall–Kier alpha value is -3.81. The second kappa shape index (κ2) is 5.87. The highest BCUT2D eigenvalue weighted by Crippen LogP contribution is 2.24. The second-order valence-electron chi connectivity index (χ2n) is 6.30. The Morgan fingerprint density at radius 3 is 2.78 bits per heavy atom. The Kier molecular flexibility index (Phi) is 3.36. The van der Waals surface area contributed by atoms with E-state index in [-0.39, 0.29) is 17.7 Å². The summed E-state index contributed by atoms with van der Waals surface area (Å²) in [5, 5.41) is 13.3. The second-order valence-corrected chi connectivity index (χ2v) is 6.30. The normalized spacial score (nSPS) is 11.4. The van der Waals surface area contributed by atoms with Crippen molar-refractivity contribution in [1.82, 2.24) is 30.2 Å². The monoisotopic (exact) mass is 358 g/mol. The van der Waals surface area contributed by atoms with Gasteiger partial charge in [-0.2, -0.15) is 4.80 Å². The molecule has 5 aromatic rings. The Balaban J connectivity index is 1.52. The summed E-state index contributed by atoms with van der Waals surface area (Å²) in [5.41, 5.74) is 3.08. The van der Waals surface area contributed by atoms with Crippen molar-refractivity contribution in [2.45, 2.75) is 13.5 Å². The van der Waals surface area contributed by atoms with Gasteiger partial charge in [0.25, 0.3) is 5.56 Å². The predicted octanol–water partition coefficient (Wildman–Crippen LogP) is 2.68. The molecule has 0 saturated carbocycles. The van der Waals surface area contributed by atoms with Crippen LogP contribution >= 0.6 is 0 Å². The van der Waals surface area contributed by atoms with Gasteiger partial charge >= 0.3 is 0 Å². The number of para-hydroxylation sites is 1. The maximum absolute atomic E-state index is 12.4. The van der Waals surface area contributed by atoms with Crippen LogP contribution in [0, 0.1) is 6.92 Å². The van der Waals surface area contributed by atoms with Gasteiger partial charge in [0.2, 0.25) is 11.4 Å². The molecule has 0 radical (unpaired) electrons. The lowest BCUT2D eigenvalue weighted by atomic mass is 10.1. The molecule has 0 fully saturated rings. The van der Waals surface area contributed by atoms with E-state index < -0.39 is 0 Å². The molecule has 0 spiro atoms. The number of hydrogen-bond acceptors (Lipinski definition) is 6. The summed E-state index contributed by atoms with van der Waals surface area (Å²) in [6.07, 6.45) is 0. The van der Waals surface area contributed by atoms with Gasteiger partial charge in [-0.05, 0) is 24.3 Å². The van der Waals surface area contributed by atoms with Crippen molar-refractivity contribution in [1.29, 1.82) is 0 Å². The molecule has 0 saturated heterocycles. The zero-order chi connectivity index (χ0) is 18.4. The lowest BCUT2D eigenvalue weighted by molar-refractivity contribution is 0.553. The van der Waals surface area contributed by atoms with E-state index >= 15 is 0 Å². The van der Waals surface area contributed by atoms with Gasteiger partial charge in [-0.15, -0.1) is 10.2 Å². The fraction of sp³-hybridized carbons (Fsp3) is 0.105. The zero-order valence-corrected chi connectivity index (χ0v) is 14.4. The summed E-state index contributed by atoms with van der Waals surface area (Å²) < 4.78 is 5.60. The molecule has 3 aromatic heterocycles. The van der Waals surface area contributed by atoms with Crippen LogP contribution in [0.15, 0.2) is 57.7 Å². The van der Waals surface area contributed by atoms with Crippen molar-refractivity contribution in [3.8, 4) is 11.4 Å². The van der Waals surface area contributed by atoms with E-state index in [1.807, 2.05) is 55.5 Å². The van der Waals surface area contributed by atoms with Crippen molar-refractivity contribution in [2.24, 2.45) is 0 Å². The average molecular weight is 358 g/mol. The third-order valence-corrected chi connectivity index (χ3v) is 4.33. The molecular weight excluding hydrogens is 344 g/mol. The lowest BCUT2D eigenvalue weighted by Gasteiger charge is -1.99. The summed E-state index contributed by atoms with van der Waals surface area (Å²) in [6.45, 7) is 2.22. The third kappa shape index (κ3) is 2.67. The Labute approximate surface area is 152 Å². The summed E-state index contributed by atoms with van der Waals surface area (Å²) in [5.74, 6) is 0.957. The summed E-state index contributed by atoms with van der Waals surface area (Å²) in [4.78, 5) is 21.0. The van der Waals surface area contributed by atoms with Gasteiger partial charge in [0.1, 0.15) is 23.5 Å². The Bertz CT molecular complexity index is 1330. The fourth-order valence-corrected chi connectivity index (χ4v) is 2.98. The number of nitrogens with zero attached hydrogens (tertiary/aromatic N) is 5. The molecular formula is C19H14N6O2. The molecule has 0 aliphatic carbocycles. The van der Waals surface area contributed by atoms with Crippen LogP contribution in [0.5, 0.6) is 0 Å². The number of nitrogens with one attached hydrogen (secondary N) is 1. The SMILES string of the molecule is Cc1ccc(-c2nnn(Cc3nc4c(oc5ccccc54)c(=O)[nH]3)n2)cc1. The van der Waals surface area contributed by atoms with Gasteiger partial charge in [-0.3, -0.25) is 4.79 Å². The largest absolute Gasteiger partial charge is 0.449 e. The van der Waals surface area contributed by atoms with Gasteiger partial charge in [0, 0.05) is 10.9 Å². The molecule has 0 aliphatic heterocycles. The van der Waals surface area contributed by atoms with E-state index in [0.29, 0.717) is 22.7 Å². The number of tetrazole rings is 1. The maximum atomic E-state index is 12.4. The Morgan fingerprint density at radius 2 is 1.93 bits per heavy atom. The molecule has 3 heterocycles. The van der Waals surface area contributed by atoms with Crippen molar-refractivity contribution >= 4 is 22.1 Å². The van der Waals surface area contributed by atoms with Crippen molar-refractivity contribution in [2.75, 3.05) is 0 Å². The number of aromatic amines is 1. The van der Waals surface area contributed by atoms with E-state index in [4.69, 9.17) is 4.42 Å². The van der Waals surface area contributed by atoms with Gasteiger partial charge in [0.05, 0.1) is 0 Å². The number of aryl methyl sites for hydroxylation is 1. The van der Waals surface area contributed by atoms with Crippen LogP contribution < -0.4 is 5.56 Å². The minimum Gasteiger partial charge on any atom is -0.449 e. The minimum absolute atomic E-state index is 0.198. The number of rotatable bonds is 3. The first kappa shape index (κ1) is 15.4. The van der Waals surface area contributed by atoms with Crippen LogP contribution in [0.1, 0.15) is 11.4 Å². The van der Waals surface area contributed by atoms with Crippen LogP contribution in [0.2, 0.25) is 0 Å². The number of fused-ring (bicyclic) bond motifs is 3. The molecule has 8 nitrogen and oxygen atoms in total. The molecule has 0 atom stereocenters. The van der Waals surface area contributed by atoms with Crippen LogP contribution in [0.25, 0.3) is 33.5 Å². The maximum Gasteiger partial charge on any atom is 0.294 e. The molecule has 1 N–H and O–H groups in total. The molecule has 0 aliphatic rings. The number of hydrogen-bond donors (Lipinski definition) is 1. The number of aromatic nitrogens is 6. The van der Waals surface area contributed by atoms with Gasteiger partial charge < -0.3 is 9.40 Å². The fourth-order valence-electron chi connectivity index (χ4n) is 2.98. The van der Waals surface area contributed by atoms with Crippen molar-refractivity contribution < 1.29 is 4.42 Å². The zero-order valence-electron chi connectivity index (χ0n) is 14.4. The van der Waals surface area contributed by atoms with E-state index in [1.54, 1.807) is 0 Å².